The maximum atomic E-state index is 12.8. The summed E-state index contributed by atoms with van der Waals surface area (Å²) in [5, 5.41) is 2.41. The van der Waals surface area contributed by atoms with E-state index in [9.17, 15) is 18.0 Å². The Bertz CT molecular complexity index is 888. The molecule has 134 valence electrons. The van der Waals surface area contributed by atoms with Gasteiger partial charge in [0.2, 0.25) is 0 Å². The Balaban J connectivity index is 1.70. The Labute approximate surface area is 147 Å². The van der Waals surface area contributed by atoms with E-state index >= 15 is 0 Å². The molecule has 0 fully saturated rings. The SMILES string of the molecule is O=C(Nc1cccc(C(F)(F)F)c1)c1occc1COc1ccccc1. The number of carbonyl (C=O) groups excluding carboxylic acids is 1. The molecule has 0 aliphatic carbocycles. The second-order valence-corrected chi connectivity index (χ2v) is 5.41. The third-order valence-electron chi connectivity index (χ3n) is 3.54. The van der Waals surface area contributed by atoms with Crippen molar-refractivity contribution in [1.82, 2.24) is 0 Å². The first kappa shape index (κ1) is 17.6. The molecule has 3 rings (SSSR count). The molecule has 1 N–H and O–H groups in total. The number of halogens is 3. The van der Waals surface area contributed by atoms with E-state index in [0.717, 1.165) is 12.1 Å². The number of furan rings is 1. The zero-order chi connectivity index (χ0) is 18.6. The molecule has 0 spiro atoms. The van der Waals surface area contributed by atoms with Crippen LogP contribution in [-0.4, -0.2) is 5.91 Å². The molecular weight excluding hydrogens is 347 g/mol. The van der Waals surface area contributed by atoms with Crippen LogP contribution >= 0.6 is 0 Å². The predicted octanol–water partition coefficient (Wildman–Crippen LogP) is 5.13. The van der Waals surface area contributed by atoms with E-state index in [4.69, 9.17) is 9.15 Å². The average molecular weight is 361 g/mol. The fraction of sp³-hybridized carbons (Fsp3) is 0.105. The van der Waals surface area contributed by atoms with E-state index in [1.54, 1.807) is 18.2 Å². The topological polar surface area (TPSA) is 51.5 Å². The van der Waals surface area contributed by atoms with Gasteiger partial charge < -0.3 is 14.5 Å². The highest BCUT2D eigenvalue weighted by Crippen LogP contribution is 2.30. The van der Waals surface area contributed by atoms with Crippen LogP contribution in [0.15, 0.2) is 71.3 Å². The van der Waals surface area contributed by atoms with Gasteiger partial charge in [-0.05, 0) is 36.4 Å². The Kier molecular flexibility index (Phi) is 4.97. The molecule has 0 atom stereocenters. The van der Waals surface area contributed by atoms with E-state index in [-0.39, 0.29) is 18.1 Å². The minimum absolute atomic E-state index is 0.0154. The summed E-state index contributed by atoms with van der Waals surface area (Å²) in [5.74, 6) is -0.0442. The highest BCUT2D eigenvalue weighted by atomic mass is 19.4. The normalized spacial score (nSPS) is 11.2. The summed E-state index contributed by atoms with van der Waals surface area (Å²) in [7, 11) is 0. The fourth-order valence-corrected chi connectivity index (χ4v) is 2.29. The average Bonchev–Trinajstić information content (AvgIpc) is 3.09. The fourth-order valence-electron chi connectivity index (χ4n) is 2.29. The summed E-state index contributed by atoms with van der Waals surface area (Å²) >= 11 is 0. The van der Waals surface area contributed by atoms with Crippen molar-refractivity contribution in [3.8, 4) is 5.75 Å². The lowest BCUT2D eigenvalue weighted by molar-refractivity contribution is -0.137. The molecule has 1 heterocycles. The van der Waals surface area contributed by atoms with Gasteiger partial charge in [-0.15, -0.1) is 0 Å². The third-order valence-corrected chi connectivity index (χ3v) is 3.54. The molecular formula is C19H14F3NO3. The van der Waals surface area contributed by atoms with Crippen LogP contribution in [0, 0.1) is 0 Å². The van der Waals surface area contributed by atoms with Crippen molar-refractivity contribution in [2.45, 2.75) is 12.8 Å². The molecule has 0 saturated carbocycles. The van der Waals surface area contributed by atoms with E-state index in [1.807, 2.05) is 18.2 Å². The number of para-hydroxylation sites is 1. The van der Waals surface area contributed by atoms with Gasteiger partial charge in [0, 0.05) is 11.3 Å². The highest BCUT2D eigenvalue weighted by molar-refractivity contribution is 6.03. The van der Waals surface area contributed by atoms with Crippen molar-refractivity contribution in [2.24, 2.45) is 0 Å². The van der Waals surface area contributed by atoms with Crippen LogP contribution in [0.3, 0.4) is 0 Å². The molecule has 7 heteroatoms. The predicted molar refractivity (Wildman–Crippen MR) is 88.9 cm³/mol. The summed E-state index contributed by atoms with van der Waals surface area (Å²) in [5.41, 5.74) is -0.336. The van der Waals surface area contributed by atoms with Gasteiger partial charge in [-0.2, -0.15) is 13.2 Å². The van der Waals surface area contributed by atoms with Crippen LogP contribution in [0.1, 0.15) is 21.7 Å². The number of rotatable bonds is 5. The first-order valence-corrected chi connectivity index (χ1v) is 7.66. The largest absolute Gasteiger partial charge is 0.489 e. The second kappa shape index (κ2) is 7.35. The maximum absolute atomic E-state index is 12.8. The van der Waals surface area contributed by atoms with Crippen molar-refractivity contribution in [2.75, 3.05) is 5.32 Å². The quantitative estimate of drug-likeness (QED) is 0.685. The molecule has 1 amide bonds. The zero-order valence-electron chi connectivity index (χ0n) is 13.4. The molecule has 0 radical (unpaired) electrons. The Morgan fingerprint density at radius 1 is 1.04 bits per heavy atom. The third kappa shape index (κ3) is 4.24. The van der Waals surface area contributed by atoms with Crippen molar-refractivity contribution in [3.63, 3.8) is 0 Å². The summed E-state index contributed by atoms with van der Waals surface area (Å²) in [6.45, 7) is 0.0891. The number of hydrogen-bond donors (Lipinski definition) is 1. The Hall–Kier alpha value is -3.22. The molecule has 2 aromatic carbocycles. The molecule has 0 aliphatic rings. The molecule has 26 heavy (non-hydrogen) atoms. The lowest BCUT2D eigenvalue weighted by atomic mass is 10.2. The number of amides is 1. The summed E-state index contributed by atoms with van der Waals surface area (Å²) in [6.07, 6.45) is -3.16. The summed E-state index contributed by atoms with van der Waals surface area (Å²) in [4.78, 5) is 12.3. The Morgan fingerprint density at radius 3 is 2.54 bits per heavy atom. The number of carbonyl (C=O) groups is 1. The molecule has 0 bridgehead atoms. The first-order chi connectivity index (χ1) is 12.4. The number of nitrogens with one attached hydrogen (secondary N) is 1. The van der Waals surface area contributed by atoms with Gasteiger partial charge in [0.15, 0.2) is 5.76 Å². The summed E-state index contributed by atoms with van der Waals surface area (Å²) < 4.78 is 49.0. The molecule has 4 nitrogen and oxygen atoms in total. The van der Waals surface area contributed by atoms with E-state index in [1.165, 1.54) is 18.4 Å². The lowest BCUT2D eigenvalue weighted by Gasteiger charge is -2.10. The number of ether oxygens (including phenoxy) is 1. The molecule has 3 aromatic rings. The molecule has 0 aliphatic heterocycles. The van der Waals surface area contributed by atoms with Crippen LogP contribution in [0.4, 0.5) is 18.9 Å². The van der Waals surface area contributed by atoms with Gasteiger partial charge in [0.1, 0.15) is 12.4 Å². The van der Waals surface area contributed by atoms with Crippen LogP contribution in [0.5, 0.6) is 5.75 Å². The minimum Gasteiger partial charge on any atom is -0.489 e. The smallest absolute Gasteiger partial charge is 0.416 e. The minimum atomic E-state index is -4.49. The van der Waals surface area contributed by atoms with Gasteiger partial charge in [-0.25, -0.2) is 0 Å². The van der Waals surface area contributed by atoms with Gasteiger partial charge >= 0.3 is 6.18 Å². The highest BCUT2D eigenvalue weighted by Gasteiger charge is 2.30. The van der Waals surface area contributed by atoms with Crippen molar-refractivity contribution in [1.29, 1.82) is 0 Å². The van der Waals surface area contributed by atoms with E-state index in [0.29, 0.717) is 11.3 Å². The monoisotopic (exact) mass is 361 g/mol. The van der Waals surface area contributed by atoms with Gasteiger partial charge in [-0.1, -0.05) is 24.3 Å². The number of benzene rings is 2. The van der Waals surface area contributed by atoms with E-state index < -0.39 is 17.6 Å². The van der Waals surface area contributed by atoms with Crippen LogP contribution in [0.25, 0.3) is 0 Å². The molecule has 0 saturated heterocycles. The van der Waals surface area contributed by atoms with Crippen molar-refractivity contribution in [3.05, 3.63) is 83.8 Å². The van der Waals surface area contributed by atoms with Gasteiger partial charge in [0.05, 0.1) is 11.8 Å². The zero-order valence-corrected chi connectivity index (χ0v) is 13.4. The number of hydrogen-bond acceptors (Lipinski definition) is 3. The van der Waals surface area contributed by atoms with Crippen LogP contribution in [-0.2, 0) is 12.8 Å². The lowest BCUT2D eigenvalue weighted by Crippen LogP contribution is -2.14. The van der Waals surface area contributed by atoms with Gasteiger partial charge in [0.25, 0.3) is 5.91 Å². The second-order valence-electron chi connectivity index (χ2n) is 5.41. The molecule has 1 aromatic heterocycles. The van der Waals surface area contributed by atoms with Crippen LogP contribution < -0.4 is 10.1 Å². The van der Waals surface area contributed by atoms with Crippen molar-refractivity contribution < 1.29 is 27.1 Å². The first-order valence-electron chi connectivity index (χ1n) is 7.66. The maximum Gasteiger partial charge on any atom is 0.416 e. The summed E-state index contributed by atoms with van der Waals surface area (Å²) in [6, 6.07) is 15.0. The number of alkyl halides is 3. The molecule has 0 unspecified atom stereocenters. The van der Waals surface area contributed by atoms with Crippen molar-refractivity contribution >= 4 is 11.6 Å². The van der Waals surface area contributed by atoms with Gasteiger partial charge in [-0.3, -0.25) is 4.79 Å². The Morgan fingerprint density at radius 2 is 1.81 bits per heavy atom. The standard InChI is InChI=1S/C19H14F3NO3/c20-19(21,22)14-5-4-6-15(11-14)23-18(24)17-13(9-10-25-17)12-26-16-7-2-1-3-8-16/h1-11H,12H2,(H,23,24). The number of anilines is 1. The van der Waals surface area contributed by atoms with Crippen LogP contribution in [0.2, 0.25) is 0 Å². The van der Waals surface area contributed by atoms with E-state index in [2.05, 4.69) is 5.32 Å².